The molecular formula is C101H62N6O. The molecular weight excluding hydrogens is 1310 g/mol. The van der Waals surface area contributed by atoms with Crippen LogP contribution in [-0.4, -0.2) is 23.7 Å². The summed E-state index contributed by atoms with van der Waals surface area (Å²) in [6.07, 6.45) is 0. The zero-order chi connectivity index (χ0) is 71.3. The van der Waals surface area contributed by atoms with E-state index in [1.54, 1.807) is 0 Å². The predicted molar refractivity (Wildman–Crippen MR) is 446 cm³/mol. The smallest absolute Gasteiger partial charge is 0.160 e. The predicted octanol–water partition coefficient (Wildman–Crippen LogP) is 26.5. The minimum Gasteiger partial charge on any atom is -0.454 e. The number of fused-ring (bicyclic) bond motifs is 12. The van der Waals surface area contributed by atoms with Gasteiger partial charge in [-0.1, -0.05) is 291 Å². The van der Waals surface area contributed by atoms with Crippen LogP contribution >= 0.6 is 0 Å². The monoisotopic (exact) mass is 1370 g/mol. The van der Waals surface area contributed by atoms with Crippen LogP contribution in [-0.2, 0) is 0 Å². The fourth-order valence-corrected chi connectivity index (χ4v) is 16.7. The molecule has 0 aliphatic rings. The molecule has 0 saturated heterocycles. The average molecular weight is 1380 g/mol. The molecule has 0 radical (unpaired) electrons. The number of benzene rings is 16. The molecule has 0 bridgehead atoms. The minimum absolute atomic E-state index is 0.358. The number of hydrogen-bond donors (Lipinski definition) is 0. The first-order valence-electron chi connectivity index (χ1n) is 36.6. The van der Waals surface area contributed by atoms with Crippen LogP contribution in [0.1, 0.15) is 5.56 Å². The Labute approximate surface area is 622 Å². The zero-order valence-electron chi connectivity index (χ0n) is 58.4. The number of rotatable bonds is 12. The Hall–Kier alpha value is -14.7. The molecule has 108 heavy (non-hydrogen) atoms. The average Bonchev–Trinajstić information content (AvgIpc) is 1.51. The molecule has 502 valence electrons. The zero-order valence-corrected chi connectivity index (χ0v) is 58.4. The normalized spacial score (nSPS) is 11.7. The van der Waals surface area contributed by atoms with Crippen LogP contribution < -0.4 is 0 Å². The van der Waals surface area contributed by atoms with E-state index in [2.05, 4.69) is 359 Å². The first kappa shape index (κ1) is 61.9. The van der Waals surface area contributed by atoms with Crippen molar-refractivity contribution in [2.75, 3.05) is 0 Å². The lowest BCUT2D eigenvalue weighted by atomic mass is 9.99. The van der Waals surface area contributed by atoms with Crippen LogP contribution in [0.25, 0.3) is 205 Å². The summed E-state index contributed by atoms with van der Waals surface area (Å²) in [4.78, 5) is 10.8. The Kier molecular flexibility index (Phi) is 14.5. The van der Waals surface area contributed by atoms with Crippen molar-refractivity contribution in [3.05, 3.63) is 382 Å². The molecule has 0 unspecified atom stereocenters. The van der Waals surface area contributed by atoms with Crippen molar-refractivity contribution in [1.29, 1.82) is 5.26 Å². The maximum Gasteiger partial charge on any atom is 0.160 e. The van der Waals surface area contributed by atoms with E-state index >= 15 is 0 Å². The molecule has 0 saturated carbocycles. The highest BCUT2D eigenvalue weighted by atomic mass is 16.3. The molecule has 5 aromatic heterocycles. The van der Waals surface area contributed by atoms with E-state index in [-0.39, 0.29) is 0 Å². The molecule has 0 amide bonds. The van der Waals surface area contributed by atoms with Gasteiger partial charge < -0.3 is 18.1 Å². The van der Waals surface area contributed by atoms with Gasteiger partial charge in [0.05, 0.1) is 66.9 Å². The van der Waals surface area contributed by atoms with Gasteiger partial charge in [-0.25, -0.2) is 9.97 Å². The van der Waals surface area contributed by atoms with Crippen LogP contribution in [0.2, 0.25) is 0 Å². The SMILES string of the molecule is N#Cc1c(-n2c3ccc(-c4ccccc4)cc3c3cc(-c4ccccc4)ccc32)c(-n2c3ccc(-c4ccccc4)cc3c3cc(-c4ccccc4)ccc32)c(-n2c3ccc(-c4ccccc4)cc3c3cc(-c4ccccc4)ccc32)c2c1oc1c(-c3cc(-c4ccccc4)nc(-c4ccccc4)n3)cccc12. The van der Waals surface area contributed by atoms with Crippen molar-refractivity contribution in [3.63, 3.8) is 0 Å². The van der Waals surface area contributed by atoms with Crippen LogP contribution in [0.5, 0.6) is 0 Å². The Morgan fingerprint density at radius 3 is 0.861 bits per heavy atom. The molecule has 0 atom stereocenters. The van der Waals surface area contributed by atoms with Crippen LogP contribution in [0, 0.1) is 11.3 Å². The van der Waals surface area contributed by atoms with E-state index in [4.69, 9.17) is 14.4 Å². The summed E-state index contributed by atoms with van der Waals surface area (Å²) < 4.78 is 15.3. The van der Waals surface area contributed by atoms with Gasteiger partial charge in [0, 0.05) is 54.4 Å². The highest BCUT2D eigenvalue weighted by molar-refractivity contribution is 6.23. The lowest BCUT2D eigenvalue weighted by molar-refractivity contribution is 0.668. The summed E-state index contributed by atoms with van der Waals surface area (Å²) >= 11 is 0. The van der Waals surface area contributed by atoms with Crippen molar-refractivity contribution in [2.24, 2.45) is 0 Å². The molecule has 7 nitrogen and oxygen atoms in total. The second-order valence-corrected chi connectivity index (χ2v) is 27.8. The number of nitrogens with zero attached hydrogens (tertiary/aromatic N) is 6. The van der Waals surface area contributed by atoms with Gasteiger partial charge in [0.15, 0.2) is 11.4 Å². The third-order valence-corrected chi connectivity index (χ3v) is 21.7. The van der Waals surface area contributed by atoms with E-state index < -0.39 is 0 Å². The van der Waals surface area contributed by atoms with Crippen LogP contribution in [0.15, 0.2) is 381 Å². The highest BCUT2D eigenvalue weighted by Crippen LogP contribution is 2.53. The second-order valence-electron chi connectivity index (χ2n) is 27.8. The van der Waals surface area contributed by atoms with Gasteiger partial charge in [0.25, 0.3) is 0 Å². The molecule has 21 rings (SSSR count). The van der Waals surface area contributed by atoms with Gasteiger partial charge >= 0.3 is 0 Å². The fourth-order valence-electron chi connectivity index (χ4n) is 16.7. The molecule has 16 aromatic carbocycles. The van der Waals surface area contributed by atoms with Gasteiger partial charge in [0.2, 0.25) is 0 Å². The van der Waals surface area contributed by atoms with Gasteiger partial charge in [-0.15, -0.1) is 0 Å². The molecule has 5 heterocycles. The molecule has 0 fully saturated rings. The molecule has 0 N–H and O–H groups in total. The second kappa shape index (κ2) is 25.3. The summed E-state index contributed by atoms with van der Waals surface area (Å²) in [5, 5.41) is 21.0. The maximum absolute atomic E-state index is 13.1. The third kappa shape index (κ3) is 10.1. The fraction of sp³-hybridized carbons (Fsp3) is 0. The summed E-state index contributed by atoms with van der Waals surface area (Å²) in [7, 11) is 0. The molecule has 21 aromatic rings. The van der Waals surface area contributed by atoms with E-state index in [1.807, 2.05) is 36.4 Å². The number of aromatic nitrogens is 5. The van der Waals surface area contributed by atoms with Crippen molar-refractivity contribution in [1.82, 2.24) is 23.7 Å². The largest absolute Gasteiger partial charge is 0.454 e. The Morgan fingerprint density at radius 1 is 0.231 bits per heavy atom. The van der Waals surface area contributed by atoms with Crippen molar-refractivity contribution >= 4 is 87.4 Å². The number of furan rings is 1. The quantitative estimate of drug-likeness (QED) is 0.122. The first-order valence-corrected chi connectivity index (χ1v) is 36.6. The minimum atomic E-state index is 0.358. The molecule has 0 aliphatic heterocycles. The number of para-hydroxylation sites is 1. The van der Waals surface area contributed by atoms with Gasteiger partial charge in [-0.2, -0.15) is 5.26 Å². The molecule has 7 heteroatoms. The summed E-state index contributed by atoms with van der Waals surface area (Å²) in [6, 6.07) is 137. The van der Waals surface area contributed by atoms with E-state index in [0.29, 0.717) is 33.9 Å². The third-order valence-electron chi connectivity index (χ3n) is 21.7. The van der Waals surface area contributed by atoms with E-state index in [9.17, 15) is 5.26 Å². The summed E-state index contributed by atoms with van der Waals surface area (Å²) in [6.45, 7) is 0. The highest BCUT2D eigenvalue weighted by Gasteiger charge is 2.34. The van der Waals surface area contributed by atoms with Gasteiger partial charge in [-0.3, -0.25) is 0 Å². The standard InChI is InChI=1S/C101H62N6O/c102-63-86-96(105-89-50-44-72(64-26-9-1-10-27-64)56-80(89)81-57-73(45-51-90(81)105)65-28-11-2-12-29-65)98(107-93-54-48-76(68-34-17-5-18-35-68)60-84(93)85-61-77(49-55-94(85)107)69-36-19-6-20-37-69)97(106-91-52-46-74(66-30-13-3-14-31-66)58-82(91)83-59-75(47-53-92(83)106)67-32-15-4-16-33-67)95-79-43-25-42-78(99(79)108-100(86)95)88-62-87(70-38-21-7-22-39-70)103-101(104-88)71-40-23-8-24-41-71/h1-62H. The first-order chi connectivity index (χ1) is 53.5. The topological polar surface area (TPSA) is 77.5 Å². The van der Waals surface area contributed by atoms with Crippen LogP contribution in [0.4, 0.5) is 0 Å². The van der Waals surface area contributed by atoms with Crippen molar-refractivity contribution < 1.29 is 4.42 Å². The van der Waals surface area contributed by atoms with E-state index in [0.717, 1.165) is 177 Å². The summed E-state index contributed by atoms with van der Waals surface area (Å²) in [5.74, 6) is 0.576. The van der Waals surface area contributed by atoms with Crippen LogP contribution in [0.3, 0.4) is 0 Å². The molecule has 0 spiro atoms. The van der Waals surface area contributed by atoms with Crippen molar-refractivity contribution in [2.45, 2.75) is 0 Å². The maximum atomic E-state index is 13.1. The van der Waals surface area contributed by atoms with Gasteiger partial charge in [-0.05, 0) is 152 Å². The number of hydrogen-bond acceptors (Lipinski definition) is 4. The Morgan fingerprint density at radius 2 is 0.528 bits per heavy atom. The summed E-state index contributed by atoms with van der Waals surface area (Å²) in [5.41, 5.74) is 26.4. The Balaban J connectivity index is 0.994. The van der Waals surface area contributed by atoms with Crippen molar-refractivity contribution in [3.8, 4) is 124 Å². The lowest BCUT2D eigenvalue weighted by Crippen LogP contribution is -2.12. The number of nitriles is 1. The Bertz CT molecular complexity index is 6830. The van der Waals surface area contributed by atoms with E-state index in [1.165, 1.54) is 0 Å². The van der Waals surface area contributed by atoms with Gasteiger partial charge in [0.1, 0.15) is 17.2 Å². The lowest BCUT2D eigenvalue weighted by Gasteiger charge is -2.24. The molecule has 0 aliphatic carbocycles.